The van der Waals surface area contributed by atoms with Gasteiger partial charge in [0.1, 0.15) is 0 Å². The number of hydrogen-bond donors (Lipinski definition) is 1. The first-order valence-electron chi connectivity index (χ1n) is 7.51. The van der Waals surface area contributed by atoms with Crippen molar-refractivity contribution in [1.29, 1.82) is 10.5 Å². The number of carbonyl (C=O) groups excluding carboxylic acids is 1. The summed E-state index contributed by atoms with van der Waals surface area (Å²) in [6.45, 7) is 5.53. The minimum absolute atomic E-state index is 0.0141. The van der Waals surface area contributed by atoms with Crippen LogP contribution in [0.1, 0.15) is 39.5 Å². The van der Waals surface area contributed by atoms with Crippen molar-refractivity contribution in [2.24, 2.45) is 0 Å². The summed E-state index contributed by atoms with van der Waals surface area (Å²) in [6.07, 6.45) is 2.37. The fourth-order valence-corrected chi connectivity index (χ4v) is 2.33. The molecule has 0 spiro atoms. The number of nitrogens with zero attached hydrogens (tertiary/aromatic N) is 4. The van der Waals surface area contributed by atoms with Gasteiger partial charge in [-0.3, -0.25) is 9.69 Å². The van der Waals surface area contributed by atoms with E-state index in [-0.39, 0.29) is 37.9 Å². The molecule has 0 aliphatic carbocycles. The lowest BCUT2D eigenvalue weighted by Crippen LogP contribution is -2.46. The summed E-state index contributed by atoms with van der Waals surface area (Å²) < 4.78 is 0. The number of carbonyl (C=O) groups is 1. The van der Waals surface area contributed by atoms with Crippen LogP contribution in [0, 0.1) is 22.7 Å². The van der Waals surface area contributed by atoms with Gasteiger partial charge < -0.3 is 10.0 Å². The molecule has 21 heavy (non-hydrogen) atoms. The molecule has 0 bridgehead atoms. The van der Waals surface area contributed by atoms with Gasteiger partial charge in [-0.25, -0.2) is 0 Å². The third-order valence-electron chi connectivity index (χ3n) is 3.52. The van der Waals surface area contributed by atoms with Gasteiger partial charge in [-0.2, -0.15) is 10.5 Å². The second-order valence-electron chi connectivity index (χ2n) is 4.86. The molecule has 0 aromatic carbocycles. The van der Waals surface area contributed by atoms with Crippen LogP contribution in [0.5, 0.6) is 0 Å². The molecule has 0 aromatic rings. The lowest BCUT2D eigenvalue weighted by Gasteiger charge is -2.31. The zero-order chi connectivity index (χ0) is 16.1. The molecule has 0 heterocycles. The van der Waals surface area contributed by atoms with Crippen LogP contribution in [-0.2, 0) is 4.79 Å². The van der Waals surface area contributed by atoms with Crippen molar-refractivity contribution in [1.82, 2.24) is 9.80 Å². The summed E-state index contributed by atoms with van der Waals surface area (Å²) >= 11 is 0. The zero-order valence-corrected chi connectivity index (χ0v) is 13.1. The van der Waals surface area contributed by atoms with Crippen molar-refractivity contribution in [3.63, 3.8) is 0 Å². The molecule has 0 atom stereocenters. The average molecular weight is 294 g/mol. The molecule has 118 valence electrons. The van der Waals surface area contributed by atoms with Gasteiger partial charge in [0, 0.05) is 25.7 Å². The number of nitriles is 2. The molecule has 0 unspecified atom stereocenters. The van der Waals surface area contributed by atoms with Crippen molar-refractivity contribution in [3.8, 4) is 12.1 Å². The molecule has 0 radical (unpaired) electrons. The fourth-order valence-electron chi connectivity index (χ4n) is 2.33. The number of aliphatic hydroxyl groups is 1. The highest BCUT2D eigenvalue weighted by Gasteiger charge is 2.21. The lowest BCUT2D eigenvalue weighted by molar-refractivity contribution is -0.133. The number of amides is 1. The topological polar surface area (TPSA) is 91.4 Å². The Hall–Kier alpha value is -1.63. The van der Waals surface area contributed by atoms with Gasteiger partial charge in [0.2, 0.25) is 5.91 Å². The monoisotopic (exact) mass is 294 g/mol. The molecule has 0 aliphatic rings. The van der Waals surface area contributed by atoms with Crippen LogP contribution in [-0.4, -0.2) is 59.6 Å². The van der Waals surface area contributed by atoms with Crippen molar-refractivity contribution in [2.75, 3.05) is 32.8 Å². The Bertz CT molecular complexity index is 351. The van der Waals surface area contributed by atoms with Crippen molar-refractivity contribution in [2.45, 2.75) is 45.6 Å². The van der Waals surface area contributed by atoms with E-state index in [2.05, 4.69) is 13.8 Å². The van der Waals surface area contributed by atoms with Gasteiger partial charge >= 0.3 is 0 Å². The summed E-state index contributed by atoms with van der Waals surface area (Å²) in [4.78, 5) is 15.9. The van der Waals surface area contributed by atoms with E-state index in [9.17, 15) is 4.79 Å². The summed E-state index contributed by atoms with van der Waals surface area (Å²) in [5.74, 6) is -0.0825. The molecule has 6 heteroatoms. The maximum atomic E-state index is 12.4. The van der Waals surface area contributed by atoms with Crippen molar-refractivity contribution in [3.05, 3.63) is 0 Å². The Balaban J connectivity index is 4.72. The van der Waals surface area contributed by atoms with Gasteiger partial charge in [0.25, 0.3) is 0 Å². The first-order valence-corrected chi connectivity index (χ1v) is 7.51. The van der Waals surface area contributed by atoms with Gasteiger partial charge in [-0.15, -0.1) is 0 Å². The van der Waals surface area contributed by atoms with E-state index < -0.39 is 0 Å². The van der Waals surface area contributed by atoms with Crippen LogP contribution in [0.25, 0.3) is 0 Å². The first kappa shape index (κ1) is 19.4. The molecular weight excluding hydrogens is 268 g/mol. The maximum absolute atomic E-state index is 12.4. The molecule has 0 saturated carbocycles. The standard InChI is InChI=1S/C15H26N4O2/c1-3-14(4-2)19(11-12-20)13-15(21)18(9-5-7-16)10-6-8-17/h14,20H,3-6,9-13H2,1-2H3. The summed E-state index contributed by atoms with van der Waals surface area (Å²) in [6, 6.07) is 4.30. The van der Waals surface area contributed by atoms with Gasteiger partial charge in [-0.05, 0) is 12.8 Å². The minimum Gasteiger partial charge on any atom is -0.395 e. The highest BCUT2D eigenvalue weighted by molar-refractivity contribution is 5.78. The molecule has 1 N–H and O–H groups in total. The zero-order valence-electron chi connectivity index (χ0n) is 13.1. The Kier molecular flexibility index (Phi) is 11.2. The smallest absolute Gasteiger partial charge is 0.236 e. The summed E-state index contributed by atoms with van der Waals surface area (Å²) in [5.41, 5.74) is 0. The predicted molar refractivity (Wildman–Crippen MR) is 80.1 cm³/mol. The molecule has 0 aliphatic heterocycles. The SMILES string of the molecule is CCC(CC)N(CCO)CC(=O)N(CCC#N)CCC#N. The molecule has 0 aromatic heterocycles. The average Bonchev–Trinajstić information content (AvgIpc) is 2.48. The fraction of sp³-hybridized carbons (Fsp3) is 0.800. The van der Waals surface area contributed by atoms with E-state index in [1.54, 1.807) is 4.90 Å². The molecule has 0 fully saturated rings. The molecule has 1 amide bonds. The van der Waals surface area contributed by atoms with Gasteiger partial charge in [0.15, 0.2) is 0 Å². The number of hydrogen-bond acceptors (Lipinski definition) is 5. The Labute approximate surface area is 127 Å². The number of rotatable bonds is 11. The van der Waals surface area contributed by atoms with Crippen molar-refractivity contribution < 1.29 is 9.90 Å². The third kappa shape index (κ3) is 7.65. The highest BCUT2D eigenvalue weighted by atomic mass is 16.3. The lowest BCUT2D eigenvalue weighted by atomic mass is 10.1. The van der Waals surface area contributed by atoms with E-state index in [0.717, 1.165) is 12.8 Å². The van der Waals surface area contributed by atoms with E-state index in [1.807, 2.05) is 17.0 Å². The van der Waals surface area contributed by atoms with E-state index in [1.165, 1.54) is 0 Å². The van der Waals surface area contributed by atoms with Gasteiger partial charge in [-0.1, -0.05) is 13.8 Å². The summed E-state index contributed by atoms with van der Waals surface area (Å²) in [7, 11) is 0. The van der Waals surface area contributed by atoms with E-state index in [4.69, 9.17) is 15.6 Å². The molecular formula is C15H26N4O2. The second-order valence-corrected chi connectivity index (χ2v) is 4.86. The molecule has 0 saturated heterocycles. The van der Waals surface area contributed by atoms with Crippen LogP contribution in [0.3, 0.4) is 0 Å². The second kappa shape index (κ2) is 12.1. The highest BCUT2D eigenvalue weighted by Crippen LogP contribution is 2.09. The molecule has 6 nitrogen and oxygen atoms in total. The predicted octanol–water partition coefficient (Wildman–Crippen LogP) is 1.13. The minimum atomic E-state index is -0.0825. The first-order chi connectivity index (χ1) is 10.1. The van der Waals surface area contributed by atoms with Crippen LogP contribution >= 0.6 is 0 Å². The quantitative estimate of drug-likeness (QED) is 0.616. The van der Waals surface area contributed by atoms with Crippen LogP contribution < -0.4 is 0 Å². The number of aliphatic hydroxyl groups excluding tert-OH is 1. The third-order valence-corrected chi connectivity index (χ3v) is 3.52. The van der Waals surface area contributed by atoms with Gasteiger partial charge in [0.05, 0.1) is 38.1 Å². The van der Waals surface area contributed by atoms with Crippen LogP contribution in [0.15, 0.2) is 0 Å². The van der Waals surface area contributed by atoms with Crippen molar-refractivity contribution >= 4 is 5.91 Å². The Morgan fingerprint density at radius 3 is 2.00 bits per heavy atom. The van der Waals surface area contributed by atoms with E-state index >= 15 is 0 Å². The van der Waals surface area contributed by atoms with Crippen LogP contribution in [0.4, 0.5) is 0 Å². The summed E-state index contributed by atoms with van der Waals surface area (Å²) in [5, 5.41) is 26.5. The molecule has 0 rings (SSSR count). The maximum Gasteiger partial charge on any atom is 0.236 e. The Morgan fingerprint density at radius 2 is 1.62 bits per heavy atom. The normalized spacial score (nSPS) is 10.4. The van der Waals surface area contributed by atoms with E-state index in [0.29, 0.717) is 19.6 Å². The largest absolute Gasteiger partial charge is 0.395 e. The Morgan fingerprint density at radius 1 is 1.10 bits per heavy atom. The van der Waals surface area contributed by atoms with Crippen LogP contribution in [0.2, 0.25) is 0 Å².